The molecule has 0 radical (unpaired) electrons. The Morgan fingerprint density at radius 2 is 1.37 bits per heavy atom. The molecule has 1 N–H and O–H groups in total. The molecule has 0 aliphatic carbocycles. The molecule has 0 saturated heterocycles. The van der Waals surface area contributed by atoms with Crippen LogP contribution < -0.4 is 0 Å². The third-order valence-corrected chi connectivity index (χ3v) is 19.9. The van der Waals surface area contributed by atoms with Gasteiger partial charge in [0.05, 0.1) is 0 Å². The van der Waals surface area contributed by atoms with Crippen LogP contribution in [-0.2, 0) is 0 Å². The van der Waals surface area contributed by atoms with Crippen molar-refractivity contribution in [2.75, 3.05) is 6.61 Å². The average Bonchev–Trinajstić information content (AvgIpc) is 2.44. The standard InChI is InChI=1S/C5H7O.3C4H9.Sn/c1-2-3-4-5-6;3*1-3-4-2;/h2,6H,5H2,1H3;3*1,3-4H2,2H3;. The number of aliphatic hydroxyl groups is 1. The van der Waals surface area contributed by atoms with Gasteiger partial charge in [0, 0.05) is 0 Å². The Labute approximate surface area is 125 Å². The zero-order valence-corrected chi connectivity index (χ0v) is 16.4. The monoisotopic (exact) mass is 374 g/mol. The summed E-state index contributed by atoms with van der Waals surface area (Å²) in [6, 6.07) is 0. The number of unbranched alkanes of at least 4 members (excludes halogenated alkanes) is 3. The van der Waals surface area contributed by atoms with Gasteiger partial charge in [-0.3, -0.25) is 0 Å². The van der Waals surface area contributed by atoms with Crippen molar-refractivity contribution < 1.29 is 5.11 Å². The molecule has 1 nitrogen and oxygen atoms in total. The van der Waals surface area contributed by atoms with Gasteiger partial charge in [-0.2, -0.15) is 0 Å². The first-order valence-corrected chi connectivity index (χ1v) is 15.7. The summed E-state index contributed by atoms with van der Waals surface area (Å²) in [6.45, 7) is 9.15. The van der Waals surface area contributed by atoms with Gasteiger partial charge in [0.25, 0.3) is 0 Å². The molecule has 0 spiro atoms. The van der Waals surface area contributed by atoms with Gasteiger partial charge >= 0.3 is 125 Å². The van der Waals surface area contributed by atoms with Crippen molar-refractivity contribution in [3.63, 3.8) is 0 Å². The Morgan fingerprint density at radius 3 is 1.63 bits per heavy atom. The topological polar surface area (TPSA) is 20.2 Å². The normalized spacial score (nSPS) is 11.2. The molecule has 0 rings (SSSR count). The number of hydrogen-bond donors (Lipinski definition) is 1. The Balaban J connectivity index is 5.23. The summed E-state index contributed by atoms with van der Waals surface area (Å²) in [6.07, 6.45) is 9.90. The van der Waals surface area contributed by atoms with Crippen molar-refractivity contribution in [2.45, 2.75) is 79.5 Å². The molecule has 0 bridgehead atoms. The third-order valence-electron chi connectivity index (χ3n) is 4.14. The first-order valence-electron chi connectivity index (χ1n) is 8.22. The molecule has 0 aromatic carbocycles. The third kappa shape index (κ3) is 7.01. The van der Waals surface area contributed by atoms with E-state index in [9.17, 15) is 5.11 Å². The molecule has 112 valence electrons. The molecule has 0 aromatic rings. The summed E-state index contributed by atoms with van der Waals surface area (Å²) in [5.41, 5.74) is 3.43. The maximum atomic E-state index is 9.82. The van der Waals surface area contributed by atoms with E-state index in [1.54, 1.807) is 0 Å². The summed E-state index contributed by atoms with van der Waals surface area (Å²) >= 11 is -2.35. The van der Waals surface area contributed by atoms with Crippen LogP contribution in [0.3, 0.4) is 0 Å². The molecule has 0 amide bonds. The van der Waals surface area contributed by atoms with Gasteiger partial charge < -0.3 is 0 Å². The van der Waals surface area contributed by atoms with E-state index < -0.39 is 18.4 Å². The fraction of sp³-hybridized carbons (Fsp3) is 0.824. The van der Waals surface area contributed by atoms with Crippen molar-refractivity contribution >= 4 is 18.4 Å². The second-order valence-corrected chi connectivity index (χ2v) is 19.0. The van der Waals surface area contributed by atoms with Crippen molar-refractivity contribution in [1.29, 1.82) is 0 Å². The molecule has 0 aliphatic heterocycles. The van der Waals surface area contributed by atoms with Gasteiger partial charge in [-0.25, -0.2) is 0 Å². The van der Waals surface area contributed by atoms with Crippen LogP contribution in [0.15, 0.2) is 15.4 Å². The van der Waals surface area contributed by atoms with Crippen LogP contribution in [0, 0.1) is 0 Å². The van der Waals surface area contributed by atoms with Crippen LogP contribution in [0.2, 0.25) is 13.3 Å². The first kappa shape index (κ1) is 19.3. The summed E-state index contributed by atoms with van der Waals surface area (Å²) < 4.78 is 5.61. The van der Waals surface area contributed by atoms with Gasteiger partial charge in [-0.1, -0.05) is 0 Å². The number of aliphatic hydroxyl groups excluding tert-OH is 1. The van der Waals surface area contributed by atoms with Crippen LogP contribution in [0.4, 0.5) is 0 Å². The van der Waals surface area contributed by atoms with E-state index >= 15 is 0 Å². The number of rotatable bonds is 11. The van der Waals surface area contributed by atoms with E-state index in [0.29, 0.717) is 0 Å². The van der Waals surface area contributed by atoms with Crippen molar-refractivity contribution in [3.05, 3.63) is 15.4 Å². The van der Waals surface area contributed by atoms with Crippen LogP contribution in [-0.4, -0.2) is 30.1 Å². The second kappa shape index (κ2) is 12.1. The summed E-state index contributed by atoms with van der Waals surface area (Å²) in [5, 5.41) is 9.82. The molecular formula is C17H34OSn. The minimum atomic E-state index is -2.35. The summed E-state index contributed by atoms with van der Waals surface area (Å²) in [7, 11) is 0. The average molecular weight is 373 g/mol. The maximum absolute atomic E-state index is 9.82. The zero-order chi connectivity index (χ0) is 14.6. The fourth-order valence-corrected chi connectivity index (χ4v) is 18.7. The molecule has 0 fully saturated rings. The number of hydrogen-bond acceptors (Lipinski definition) is 1. The van der Waals surface area contributed by atoms with Gasteiger partial charge in [-0.05, 0) is 0 Å². The molecule has 0 atom stereocenters. The molecule has 19 heavy (non-hydrogen) atoms. The summed E-state index contributed by atoms with van der Waals surface area (Å²) in [5.74, 6) is 0. The van der Waals surface area contributed by atoms with Crippen LogP contribution >= 0.6 is 0 Å². The SMILES string of the molecule is CC=C=[C](CO)[Sn]([CH2]CCC)([CH2]CCC)[CH2]CCC. The Kier molecular flexibility index (Phi) is 12.2. The first-order chi connectivity index (χ1) is 9.20. The molecule has 0 aliphatic rings. The summed E-state index contributed by atoms with van der Waals surface area (Å²) in [4.78, 5) is 0. The van der Waals surface area contributed by atoms with E-state index in [1.807, 2.05) is 13.0 Å². The molecule has 0 heterocycles. The quantitative estimate of drug-likeness (QED) is 0.376. The fourth-order valence-electron chi connectivity index (χ4n) is 2.91. The molecule has 0 aromatic heterocycles. The van der Waals surface area contributed by atoms with Crippen molar-refractivity contribution in [1.82, 2.24) is 0 Å². The van der Waals surface area contributed by atoms with Crippen molar-refractivity contribution in [3.8, 4) is 0 Å². The Morgan fingerprint density at radius 1 is 0.947 bits per heavy atom. The molecule has 0 saturated carbocycles. The van der Waals surface area contributed by atoms with Gasteiger partial charge in [0.15, 0.2) is 0 Å². The van der Waals surface area contributed by atoms with Crippen LogP contribution in [0.1, 0.15) is 66.2 Å². The van der Waals surface area contributed by atoms with Crippen LogP contribution in [0.5, 0.6) is 0 Å². The van der Waals surface area contributed by atoms with Crippen LogP contribution in [0.25, 0.3) is 0 Å². The van der Waals surface area contributed by atoms with Gasteiger partial charge in [0.2, 0.25) is 0 Å². The van der Waals surface area contributed by atoms with Crippen molar-refractivity contribution in [2.24, 2.45) is 0 Å². The second-order valence-electron chi connectivity index (χ2n) is 5.66. The molecular weight excluding hydrogens is 339 g/mol. The van der Waals surface area contributed by atoms with E-state index in [0.717, 1.165) is 0 Å². The zero-order valence-electron chi connectivity index (χ0n) is 13.6. The van der Waals surface area contributed by atoms with Gasteiger partial charge in [-0.15, -0.1) is 0 Å². The molecule has 2 heteroatoms. The predicted molar refractivity (Wildman–Crippen MR) is 89.3 cm³/mol. The predicted octanol–water partition coefficient (Wildman–Crippen LogP) is 5.47. The Hall–Kier alpha value is 0.279. The van der Waals surface area contributed by atoms with E-state index in [1.165, 1.54) is 55.4 Å². The van der Waals surface area contributed by atoms with E-state index in [4.69, 9.17) is 0 Å². The Bertz CT molecular complexity index is 255. The van der Waals surface area contributed by atoms with E-state index in [-0.39, 0.29) is 6.61 Å². The minimum absolute atomic E-state index is 0.261. The molecule has 0 unspecified atom stereocenters. The van der Waals surface area contributed by atoms with E-state index in [2.05, 4.69) is 26.5 Å². The van der Waals surface area contributed by atoms with Gasteiger partial charge in [0.1, 0.15) is 0 Å².